The van der Waals surface area contributed by atoms with Crippen LogP contribution in [0.5, 0.6) is 0 Å². The molecule has 0 radical (unpaired) electrons. The van der Waals surface area contributed by atoms with Crippen LogP contribution >= 0.6 is 0 Å². The molecule has 1 aromatic heterocycles. The molecular formula is C26H28F4N4O. The summed E-state index contributed by atoms with van der Waals surface area (Å²) in [5.74, 6) is -0.811. The maximum atomic E-state index is 14.0. The molecular weight excluding hydrogens is 460 g/mol. The number of anilines is 2. The van der Waals surface area contributed by atoms with Crippen molar-refractivity contribution in [2.45, 2.75) is 43.9 Å². The second-order valence-electron chi connectivity index (χ2n) is 9.22. The minimum absolute atomic E-state index is 0.0181. The molecule has 1 aliphatic carbocycles. The molecule has 1 heterocycles. The molecule has 5 nitrogen and oxygen atoms in total. The number of nitrogens with zero attached hydrogens (tertiary/aromatic N) is 3. The molecule has 1 fully saturated rings. The largest absolute Gasteiger partial charge is 0.433 e. The van der Waals surface area contributed by atoms with E-state index in [9.17, 15) is 22.4 Å². The van der Waals surface area contributed by atoms with E-state index in [1.54, 1.807) is 56.4 Å². The van der Waals surface area contributed by atoms with Gasteiger partial charge in [0, 0.05) is 55.6 Å². The van der Waals surface area contributed by atoms with Crippen molar-refractivity contribution in [1.82, 2.24) is 10.3 Å². The van der Waals surface area contributed by atoms with Crippen LogP contribution in [-0.2, 0) is 6.18 Å². The topological polar surface area (TPSA) is 48.5 Å². The number of benzene rings is 2. The van der Waals surface area contributed by atoms with Crippen molar-refractivity contribution in [3.63, 3.8) is 0 Å². The van der Waals surface area contributed by atoms with E-state index < -0.39 is 17.7 Å². The van der Waals surface area contributed by atoms with Crippen molar-refractivity contribution in [3.8, 4) is 0 Å². The fraction of sp³-hybridized carbons (Fsp3) is 0.385. The summed E-state index contributed by atoms with van der Waals surface area (Å²) in [7, 11) is 5.36. The Morgan fingerprint density at radius 3 is 2.34 bits per heavy atom. The van der Waals surface area contributed by atoms with Gasteiger partial charge in [0.05, 0.1) is 5.52 Å². The summed E-state index contributed by atoms with van der Waals surface area (Å²) in [6.45, 7) is 0. The lowest BCUT2D eigenvalue weighted by Crippen LogP contribution is -2.43. The van der Waals surface area contributed by atoms with Gasteiger partial charge in [-0.05, 0) is 56.0 Å². The van der Waals surface area contributed by atoms with E-state index >= 15 is 0 Å². The second kappa shape index (κ2) is 9.71. The van der Waals surface area contributed by atoms with Crippen molar-refractivity contribution in [2.75, 3.05) is 30.9 Å². The maximum Gasteiger partial charge on any atom is 0.433 e. The molecule has 0 atom stereocenters. The van der Waals surface area contributed by atoms with Crippen molar-refractivity contribution in [1.29, 1.82) is 0 Å². The molecule has 9 heteroatoms. The van der Waals surface area contributed by atoms with Gasteiger partial charge in [0.2, 0.25) is 0 Å². The molecule has 4 rings (SSSR count). The quantitative estimate of drug-likeness (QED) is 0.473. The van der Waals surface area contributed by atoms with E-state index in [-0.39, 0.29) is 23.6 Å². The predicted molar refractivity (Wildman–Crippen MR) is 129 cm³/mol. The number of nitrogens with one attached hydrogen (secondary N) is 1. The highest BCUT2D eigenvalue weighted by Crippen LogP contribution is 2.36. The van der Waals surface area contributed by atoms with Crippen LogP contribution in [0.1, 0.15) is 41.7 Å². The number of rotatable bonds is 5. The first-order valence-corrected chi connectivity index (χ1v) is 11.5. The Morgan fingerprint density at radius 1 is 1.00 bits per heavy atom. The third kappa shape index (κ3) is 5.49. The number of carbonyl (C=O) groups is 1. The summed E-state index contributed by atoms with van der Waals surface area (Å²) in [5, 5.41) is 3.65. The third-order valence-electron chi connectivity index (χ3n) is 6.61. The number of alkyl halides is 3. The highest BCUT2D eigenvalue weighted by atomic mass is 19.4. The molecule has 1 aliphatic rings. The Hall–Kier alpha value is -3.36. The molecule has 0 aliphatic heterocycles. The Bertz CT molecular complexity index is 1220. The maximum absolute atomic E-state index is 14.0. The van der Waals surface area contributed by atoms with Crippen molar-refractivity contribution in [3.05, 3.63) is 65.6 Å². The summed E-state index contributed by atoms with van der Waals surface area (Å²) in [5.41, 5.74) is 0.744. The summed E-state index contributed by atoms with van der Waals surface area (Å²) >= 11 is 0. The Morgan fingerprint density at radius 2 is 1.69 bits per heavy atom. The zero-order valence-corrected chi connectivity index (χ0v) is 19.9. The molecule has 186 valence electrons. The third-order valence-corrected chi connectivity index (χ3v) is 6.61. The van der Waals surface area contributed by atoms with E-state index in [0.717, 1.165) is 6.07 Å². The highest BCUT2D eigenvalue weighted by molar-refractivity contribution is 5.95. The van der Waals surface area contributed by atoms with Crippen LogP contribution in [0.4, 0.5) is 28.9 Å². The van der Waals surface area contributed by atoms with Gasteiger partial charge < -0.3 is 15.1 Å². The molecule has 0 bridgehead atoms. The minimum Gasteiger partial charge on any atom is -0.378 e. The number of hydrogen-bond acceptors (Lipinski definition) is 4. The average Bonchev–Trinajstić information content (AvgIpc) is 2.82. The molecule has 2 aromatic carbocycles. The molecule has 1 N–H and O–H groups in total. The fourth-order valence-electron chi connectivity index (χ4n) is 4.63. The molecule has 3 aromatic rings. The van der Waals surface area contributed by atoms with Crippen LogP contribution in [0, 0.1) is 5.82 Å². The van der Waals surface area contributed by atoms with Gasteiger partial charge in [-0.25, -0.2) is 9.37 Å². The van der Waals surface area contributed by atoms with E-state index in [1.165, 1.54) is 12.1 Å². The zero-order valence-electron chi connectivity index (χ0n) is 19.9. The molecule has 0 unspecified atom stereocenters. The molecule has 0 saturated heterocycles. The number of fused-ring (bicyclic) bond motifs is 1. The lowest BCUT2D eigenvalue weighted by Gasteiger charge is -2.37. The normalized spacial score (nSPS) is 18.4. The smallest absolute Gasteiger partial charge is 0.378 e. The number of halogens is 4. The number of amides is 1. The predicted octanol–water partition coefficient (Wildman–Crippen LogP) is 5.64. The van der Waals surface area contributed by atoms with Gasteiger partial charge in [-0.2, -0.15) is 13.2 Å². The van der Waals surface area contributed by atoms with E-state index in [1.807, 2.05) is 4.90 Å². The van der Waals surface area contributed by atoms with Crippen LogP contribution in [0.3, 0.4) is 0 Å². The minimum atomic E-state index is -4.54. The van der Waals surface area contributed by atoms with Gasteiger partial charge in [0.25, 0.3) is 5.91 Å². The first kappa shape index (κ1) is 24.8. The molecule has 0 spiro atoms. The van der Waals surface area contributed by atoms with Crippen LogP contribution in [0.25, 0.3) is 10.9 Å². The van der Waals surface area contributed by atoms with Gasteiger partial charge in [-0.1, -0.05) is 18.2 Å². The van der Waals surface area contributed by atoms with Gasteiger partial charge >= 0.3 is 6.18 Å². The van der Waals surface area contributed by atoms with Gasteiger partial charge in [-0.3, -0.25) is 4.79 Å². The first-order valence-electron chi connectivity index (χ1n) is 11.5. The average molecular weight is 489 g/mol. The fourth-order valence-corrected chi connectivity index (χ4v) is 4.63. The number of carbonyl (C=O) groups excluding carboxylic acids is 1. The summed E-state index contributed by atoms with van der Waals surface area (Å²) in [6.07, 6.45) is -1.79. The lowest BCUT2D eigenvalue weighted by atomic mass is 9.89. The number of hydrogen-bond donors (Lipinski definition) is 1. The van der Waals surface area contributed by atoms with Crippen LogP contribution in [0.2, 0.25) is 0 Å². The van der Waals surface area contributed by atoms with Gasteiger partial charge in [0.15, 0.2) is 0 Å². The lowest BCUT2D eigenvalue weighted by molar-refractivity contribution is -0.140. The number of para-hydroxylation sites is 1. The molecule has 1 amide bonds. The van der Waals surface area contributed by atoms with Crippen molar-refractivity contribution in [2.24, 2.45) is 0 Å². The van der Waals surface area contributed by atoms with Crippen molar-refractivity contribution >= 4 is 28.2 Å². The van der Waals surface area contributed by atoms with Crippen molar-refractivity contribution < 1.29 is 22.4 Å². The number of pyridine rings is 1. The Balaban J connectivity index is 1.46. The number of aromatic nitrogens is 1. The van der Waals surface area contributed by atoms with Gasteiger partial charge in [-0.15, -0.1) is 0 Å². The Labute approximate surface area is 201 Å². The Kier molecular flexibility index (Phi) is 6.87. The van der Waals surface area contributed by atoms with E-state index in [0.29, 0.717) is 48.0 Å². The van der Waals surface area contributed by atoms with Crippen LogP contribution in [-0.4, -0.2) is 44.1 Å². The van der Waals surface area contributed by atoms with E-state index in [2.05, 4.69) is 10.3 Å². The van der Waals surface area contributed by atoms with Gasteiger partial charge in [0.1, 0.15) is 11.5 Å². The van der Waals surface area contributed by atoms with E-state index in [4.69, 9.17) is 0 Å². The zero-order chi connectivity index (χ0) is 25.3. The summed E-state index contributed by atoms with van der Waals surface area (Å²) in [6, 6.07) is 12.1. The second-order valence-corrected chi connectivity index (χ2v) is 9.22. The SMILES string of the molecule is CN(C)c1cc(F)cc(C(=O)N[C@H]2CC[C@@H](N(C)c3cc(C(F)(F)F)nc4ccccc34)CC2)c1. The summed E-state index contributed by atoms with van der Waals surface area (Å²) < 4.78 is 54.3. The highest BCUT2D eigenvalue weighted by Gasteiger charge is 2.34. The summed E-state index contributed by atoms with van der Waals surface area (Å²) in [4.78, 5) is 20.2. The monoisotopic (exact) mass is 488 g/mol. The molecule has 1 saturated carbocycles. The van der Waals surface area contributed by atoms with Crippen LogP contribution < -0.4 is 15.1 Å². The van der Waals surface area contributed by atoms with Crippen LogP contribution in [0.15, 0.2) is 48.5 Å². The standard InChI is InChI=1S/C26H28F4N4O/c1-33(2)20-13-16(12-17(27)14-20)25(35)31-18-8-10-19(11-9-18)34(3)23-15-24(26(28,29)30)32-22-7-5-4-6-21(22)23/h4-7,12-15,18-19H,8-11H2,1-3H3,(H,31,35)/t18-,19+. The first-order chi connectivity index (χ1) is 16.5. The molecule has 35 heavy (non-hydrogen) atoms.